The van der Waals surface area contributed by atoms with Gasteiger partial charge in [0.15, 0.2) is 0 Å². The van der Waals surface area contributed by atoms with Crippen molar-refractivity contribution in [1.29, 1.82) is 0 Å². The Morgan fingerprint density at radius 2 is 1.90 bits per heavy atom. The minimum absolute atomic E-state index is 0.332. The second-order valence-corrected chi connectivity index (χ2v) is 5.08. The Hall–Kier alpha value is -1.36. The Morgan fingerprint density at radius 1 is 1.19 bits per heavy atom. The molecule has 0 aromatic rings. The van der Waals surface area contributed by atoms with Crippen LogP contribution in [0.15, 0.2) is 12.2 Å². The van der Waals surface area contributed by atoms with E-state index in [1.54, 1.807) is 20.1 Å². The molecule has 0 amide bonds. The molecule has 0 aliphatic rings. The second-order valence-electron chi connectivity index (χ2n) is 5.08. The van der Waals surface area contributed by atoms with Gasteiger partial charge < -0.3 is 14.2 Å². The molecule has 0 N–H and O–H groups in total. The molecule has 122 valence electrons. The number of hydrogen-bond acceptors (Lipinski definition) is 5. The summed E-state index contributed by atoms with van der Waals surface area (Å²) in [6.45, 7) is 6.38. The number of ether oxygens (including phenoxy) is 3. The van der Waals surface area contributed by atoms with Crippen molar-refractivity contribution in [2.75, 3.05) is 20.3 Å². The van der Waals surface area contributed by atoms with Gasteiger partial charge in [0.25, 0.3) is 0 Å². The van der Waals surface area contributed by atoms with Crippen LogP contribution in [0.2, 0.25) is 0 Å². The van der Waals surface area contributed by atoms with E-state index in [0.717, 1.165) is 25.9 Å². The van der Waals surface area contributed by atoms with Crippen molar-refractivity contribution < 1.29 is 23.8 Å². The first-order valence-electron chi connectivity index (χ1n) is 7.50. The van der Waals surface area contributed by atoms with Gasteiger partial charge in [-0.2, -0.15) is 0 Å². The summed E-state index contributed by atoms with van der Waals surface area (Å²) >= 11 is 0. The summed E-state index contributed by atoms with van der Waals surface area (Å²) in [6.07, 6.45) is 6.23. The first-order valence-corrected chi connectivity index (χ1v) is 7.50. The zero-order valence-corrected chi connectivity index (χ0v) is 13.6. The summed E-state index contributed by atoms with van der Waals surface area (Å²) in [4.78, 5) is 22.3. The van der Waals surface area contributed by atoms with Crippen molar-refractivity contribution >= 4 is 11.9 Å². The van der Waals surface area contributed by atoms with Crippen molar-refractivity contribution in [3.05, 3.63) is 12.2 Å². The monoisotopic (exact) mass is 300 g/mol. The second kappa shape index (κ2) is 12.4. The summed E-state index contributed by atoms with van der Waals surface area (Å²) < 4.78 is 15.0. The highest BCUT2D eigenvalue weighted by Crippen LogP contribution is 2.15. The van der Waals surface area contributed by atoms with Crippen LogP contribution in [-0.2, 0) is 23.8 Å². The van der Waals surface area contributed by atoms with Gasteiger partial charge in [-0.1, -0.05) is 13.3 Å². The van der Waals surface area contributed by atoms with Crippen molar-refractivity contribution in [1.82, 2.24) is 0 Å². The SMILES string of the molecule is CCOC(=O)/C=C/C(CCCC(C)CCOC)OC(C)=O. The zero-order valence-electron chi connectivity index (χ0n) is 13.6. The number of carbonyl (C=O) groups is 2. The van der Waals surface area contributed by atoms with Gasteiger partial charge in [-0.3, -0.25) is 4.79 Å². The quantitative estimate of drug-likeness (QED) is 0.434. The van der Waals surface area contributed by atoms with Crippen LogP contribution in [0.25, 0.3) is 0 Å². The van der Waals surface area contributed by atoms with Gasteiger partial charge in [0.05, 0.1) is 6.61 Å². The Bertz CT molecular complexity index is 325. The highest BCUT2D eigenvalue weighted by atomic mass is 16.5. The van der Waals surface area contributed by atoms with Gasteiger partial charge in [0.1, 0.15) is 6.10 Å². The molecular formula is C16H28O5. The lowest BCUT2D eigenvalue weighted by Crippen LogP contribution is -2.15. The lowest BCUT2D eigenvalue weighted by atomic mass is 9.99. The van der Waals surface area contributed by atoms with E-state index in [9.17, 15) is 9.59 Å². The summed E-state index contributed by atoms with van der Waals surface area (Å²) in [5.41, 5.74) is 0. The van der Waals surface area contributed by atoms with Crippen LogP contribution in [0.3, 0.4) is 0 Å². The normalized spacial score (nSPS) is 13.9. The maximum atomic E-state index is 11.3. The van der Waals surface area contributed by atoms with Crippen LogP contribution in [0.4, 0.5) is 0 Å². The summed E-state index contributed by atoms with van der Waals surface area (Å²) in [7, 11) is 1.70. The molecule has 21 heavy (non-hydrogen) atoms. The molecule has 5 nitrogen and oxygen atoms in total. The van der Waals surface area contributed by atoms with E-state index in [-0.39, 0.29) is 12.1 Å². The van der Waals surface area contributed by atoms with E-state index in [2.05, 4.69) is 6.92 Å². The van der Waals surface area contributed by atoms with E-state index in [0.29, 0.717) is 18.9 Å². The molecule has 0 saturated heterocycles. The lowest BCUT2D eigenvalue weighted by molar-refractivity contribution is -0.145. The number of hydrogen-bond donors (Lipinski definition) is 0. The van der Waals surface area contributed by atoms with Crippen molar-refractivity contribution in [3.8, 4) is 0 Å². The number of methoxy groups -OCH3 is 1. The van der Waals surface area contributed by atoms with Crippen molar-refractivity contribution in [2.45, 2.75) is 52.6 Å². The van der Waals surface area contributed by atoms with Gasteiger partial charge in [-0.15, -0.1) is 0 Å². The fourth-order valence-corrected chi connectivity index (χ4v) is 1.91. The third kappa shape index (κ3) is 12.1. The first-order chi connectivity index (χ1) is 9.99. The van der Waals surface area contributed by atoms with Gasteiger partial charge in [-0.25, -0.2) is 4.79 Å². The van der Waals surface area contributed by atoms with Crippen LogP contribution in [-0.4, -0.2) is 38.4 Å². The Balaban J connectivity index is 4.18. The molecule has 0 aliphatic carbocycles. The van der Waals surface area contributed by atoms with Crippen LogP contribution in [0.5, 0.6) is 0 Å². The highest BCUT2D eigenvalue weighted by molar-refractivity contribution is 5.82. The van der Waals surface area contributed by atoms with Crippen LogP contribution < -0.4 is 0 Å². The van der Waals surface area contributed by atoms with E-state index in [4.69, 9.17) is 14.2 Å². The molecular weight excluding hydrogens is 272 g/mol. The third-order valence-electron chi connectivity index (χ3n) is 3.05. The molecule has 0 saturated carbocycles. The van der Waals surface area contributed by atoms with Crippen LogP contribution in [0.1, 0.15) is 46.5 Å². The first kappa shape index (κ1) is 19.6. The average molecular weight is 300 g/mol. The molecule has 0 fully saturated rings. The van der Waals surface area contributed by atoms with Gasteiger partial charge >= 0.3 is 11.9 Å². The predicted octanol–water partition coefficient (Wildman–Crippen LogP) is 2.88. The molecule has 0 spiro atoms. The largest absolute Gasteiger partial charge is 0.463 e. The molecule has 0 rings (SSSR count). The Kier molecular flexibility index (Phi) is 11.6. The number of carbonyl (C=O) groups excluding carboxylic acids is 2. The zero-order chi connectivity index (χ0) is 16.1. The molecule has 5 heteroatoms. The summed E-state index contributed by atoms with van der Waals surface area (Å²) in [5.74, 6) is -0.194. The topological polar surface area (TPSA) is 61.8 Å². The molecule has 0 aromatic heterocycles. The molecule has 0 aromatic carbocycles. The summed E-state index contributed by atoms with van der Waals surface area (Å²) in [5, 5.41) is 0. The van der Waals surface area contributed by atoms with E-state index < -0.39 is 5.97 Å². The smallest absolute Gasteiger partial charge is 0.330 e. The molecule has 2 atom stereocenters. The van der Waals surface area contributed by atoms with Crippen LogP contribution in [0, 0.1) is 5.92 Å². The molecule has 0 aliphatic heterocycles. The highest BCUT2D eigenvalue weighted by Gasteiger charge is 2.10. The maximum Gasteiger partial charge on any atom is 0.330 e. The fourth-order valence-electron chi connectivity index (χ4n) is 1.91. The molecule has 2 unspecified atom stereocenters. The van der Waals surface area contributed by atoms with Crippen LogP contribution >= 0.6 is 0 Å². The molecule has 0 radical (unpaired) electrons. The van der Waals surface area contributed by atoms with Gasteiger partial charge in [-0.05, 0) is 38.2 Å². The van der Waals surface area contributed by atoms with Gasteiger partial charge in [0.2, 0.25) is 0 Å². The summed E-state index contributed by atoms with van der Waals surface area (Å²) in [6, 6.07) is 0. The van der Waals surface area contributed by atoms with E-state index in [1.165, 1.54) is 13.0 Å². The minimum Gasteiger partial charge on any atom is -0.463 e. The Labute approximate surface area is 127 Å². The van der Waals surface area contributed by atoms with E-state index in [1.807, 2.05) is 0 Å². The standard InChI is InChI=1S/C16H28O5/c1-5-20-16(18)10-9-15(21-14(3)17)8-6-7-13(2)11-12-19-4/h9-10,13,15H,5-8,11-12H2,1-4H3/b10-9+. The van der Waals surface area contributed by atoms with Crippen molar-refractivity contribution in [2.24, 2.45) is 5.92 Å². The average Bonchev–Trinajstić information content (AvgIpc) is 2.42. The minimum atomic E-state index is -0.414. The predicted molar refractivity (Wildman–Crippen MR) is 80.8 cm³/mol. The van der Waals surface area contributed by atoms with E-state index >= 15 is 0 Å². The lowest BCUT2D eigenvalue weighted by Gasteiger charge is -2.15. The van der Waals surface area contributed by atoms with Gasteiger partial charge in [0, 0.05) is 26.7 Å². The molecule has 0 bridgehead atoms. The third-order valence-corrected chi connectivity index (χ3v) is 3.05. The fraction of sp³-hybridized carbons (Fsp3) is 0.750. The Morgan fingerprint density at radius 3 is 2.48 bits per heavy atom. The maximum absolute atomic E-state index is 11.3. The number of esters is 2. The number of rotatable bonds is 11. The van der Waals surface area contributed by atoms with Crippen molar-refractivity contribution in [3.63, 3.8) is 0 Å². The molecule has 0 heterocycles.